The van der Waals surface area contributed by atoms with Crippen LogP contribution in [0.1, 0.15) is 47.0 Å². The van der Waals surface area contributed by atoms with Crippen LogP contribution in [0.15, 0.2) is 12.2 Å². The van der Waals surface area contributed by atoms with Crippen molar-refractivity contribution in [3.63, 3.8) is 0 Å². The highest BCUT2D eigenvalue weighted by Gasteiger charge is 2.39. The van der Waals surface area contributed by atoms with Gasteiger partial charge in [0.05, 0.1) is 5.60 Å². The molecule has 0 aromatic carbocycles. The predicted molar refractivity (Wildman–Crippen MR) is 67.5 cm³/mol. The molecule has 0 amide bonds. The average molecular weight is 240 g/mol. The summed E-state index contributed by atoms with van der Waals surface area (Å²) in [7, 11) is 0. The molecule has 1 aliphatic rings. The maximum atomic E-state index is 11.6. The van der Waals surface area contributed by atoms with E-state index in [-0.39, 0.29) is 18.0 Å². The normalized spacial score (nSPS) is 29.8. The van der Waals surface area contributed by atoms with Gasteiger partial charge in [0, 0.05) is 11.5 Å². The maximum Gasteiger partial charge on any atom is 0.333 e. The van der Waals surface area contributed by atoms with Crippen molar-refractivity contribution in [3.8, 4) is 0 Å². The highest BCUT2D eigenvalue weighted by Crippen LogP contribution is 2.37. The van der Waals surface area contributed by atoms with Crippen molar-refractivity contribution in [2.24, 2.45) is 11.8 Å². The summed E-state index contributed by atoms with van der Waals surface area (Å²) >= 11 is 0. The molecule has 0 radical (unpaired) electrons. The van der Waals surface area contributed by atoms with Crippen molar-refractivity contribution in [2.75, 3.05) is 0 Å². The van der Waals surface area contributed by atoms with Gasteiger partial charge in [0.1, 0.15) is 6.10 Å². The number of rotatable bonds is 3. The molecule has 1 N–H and O–H groups in total. The fraction of sp³-hybridized carbons (Fsp3) is 0.786. The topological polar surface area (TPSA) is 46.5 Å². The van der Waals surface area contributed by atoms with Gasteiger partial charge in [0.25, 0.3) is 0 Å². The largest absolute Gasteiger partial charge is 0.459 e. The van der Waals surface area contributed by atoms with Crippen molar-refractivity contribution in [1.29, 1.82) is 0 Å². The zero-order valence-corrected chi connectivity index (χ0v) is 11.3. The predicted octanol–water partition coefficient (Wildman–Crippen LogP) is 2.68. The third-order valence-electron chi connectivity index (χ3n) is 3.57. The summed E-state index contributed by atoms with van der Waals surface area (Å²) in [6.07, 6.45) is 2.62. The molecule has 0 heterocycles. The van der Waals surface area contributed by atoms with Gasteiger partial charge in [-0.3, -0.25) is 0 Å². The second kappa shape index (κ2) is 5.21. The van der Waals surface area contributed by atoms with Crippen LogP contribution in [0.3, 0.4) is 0 Å². The molecule has 3 unspecified atom stereocenters. The quantitative estimate of drug-likeness (QED) is 0.609. The van der Waals surface area contributed by atoms with Crippen LogP contribution >= 0.6 is 0 Å². The molecule has 1 rings (SSSR count). The van der Waals surface area contributed by atoms with Crippen molar-refractivity contribution >= 4 is 5.97 Å². The number of ether oxygens (including phenoxy) is 1. The van der Waals surface area contributed by atoms with E-state index in [9.17, 15) is 9.90 Å². The lowest BCUT2D eigenvalue weighted by molar-refractivity contribution is -0.157. The fourth-order valence-corrected chi connectivity index (χ4v) is 2.51. The molecule has 1 fully saturated rings. The molecule has 17 heavy (non-hydrogen) atoms. The second-order valence-corrected chi connectivity index (χ2v) is 5.90. The summed E-state index contributed by atoms with van der Waals surface area (Å²) < 4.78 is 5.46. The lowest BCUT2D eigenvalue weighted by Gasteiger charge is -2.40. The Hall–Kier alpha value is -0.830. The third kappa shape index (κ3) is 3.84. The molecule has 3 atom stereocenters. The Balaban J connectivity index is 2.75. The zero-order chi connectivity index (χ0) is 13.2. The van der Waals surface area contributed by atoms with Crippen LogP contribution in [0.25, 0.3) is 0 Å². The highest BCUT2D eigenvalue weighted by atomic mass is 16.5. The summed E-state index contributed by atoms with van der Waals surface area (Å²) in [5.74, 6) is 0.205. The monoisotopic (exact) mass is 240 g/mol. The van der Waals surface area contributed by atoms with Gasteiger partial charge in [-0.2, -0.15) is 0 Å². The van der Waals surface area contributed by atoms with E-state index < -0.39 is 5.60 Å². The summed E-state index contributed by atoms with van der Waals surface area (Å²) in [6, 6.07) is 0. The van der Waals surface area contributed by atoms with Gasteiger partial charge < -0.3 is 9.84 Å². The Morgan fingerprint density at radius 3 is 2.47 bits per heavy atom. The first-order chi connectivity index (χ1) is 7.71. The van der Waals surface area contributed by atoms with E-state index in [4.69, 9.17) is 4.74 Å². The fourth-order valence-electron chi connectivity index (χ4n) is 2.51. The van der Waals surface area contributed by atoms with E-state index in [1.54, 1.807) is 20.8 Å². The molecular formula is C14H24O3. The third-order valence-corrected chi connectivity index (χ3v) is 3.57. The Kier molecular flexibility index (Phi) is 4.36. The first kappa shape index (κ1) is 14.2. The number of aliphatic hydroxyl groups is 1. The minimum absolute atomic E-state index is 0.0157. The van der Waals surface area contributed by atoms with Gasteiger partial charge in [-0.25, -0.2) is 4.79 Å². The van der Waals surface area contributed by atoms with Gasteiger partial charge in [0.2, 0.25) is 0 Å². The van der Waals surface area contributed by atoms with Crippen LogP contribution in [0.5, 0.6) is 0 Å². The number of hydrogen-bond donors (Lipinski definition) is 1. The molecular weight excluding hydrogens is 216 g/mol. The SMILES string of the molecule is C=C(C)C(=O)OC1CC(C)CCC1C(C)(C)O. The van der Waals surface area contributed by atoms with Crippen molar-refractivity contribution in [3.05, 3.63) is 12.2 Å². The van der Waals surface area contributed by atoms with Gasteiger partial charge in [0.15, 0.2) is 0 Å². The molecule has 3 nitrogen and oxygen atoms in total. The molecule has 0 saturated heterocycles. The number of hydrogen-bond acceptors (Lipinski definition) is 3. The second-order valence-electron chi connectivity index (χ2n) is 5.90. The number of esters is 1. The van der Waals surface area contributed by atoms with Crippen LogP contribution in [0, 0.1) is 11.8 Å². The van der Waals surface area contributed by atoms with Crippen molar-refractivity contribution in [2.45, 2.75) is 58.7 Å². The van der Waals surface area contributed by atoms with E-state index in [0.29, 0.717) is 11.5 Å². The zero-order valence-electron chi connectivity index (χ0n) is 11.3. The minimum Gasteiger partial charge on any atom is -0.459 e. The van der Waals surface area contributed by atoms with E-state index in [1.807, 2.05) is 0 Å². The molecule has 0 aromatic rings. The van der Waals surface area contributed by atoms with Gasteiger partial charge in [-0.15, -0.1) is 0 Å². The van der Waals surface area contributed by atoms with Crippen molar-refractivity contribution in [1.82, 2.24) is 0 Å². The summed E-state index contributed by atoms with van der Waals surface area (Å²) in [6.45, 7) is 11.0. The summed E-state index contributed by atoms with van der Waals surface area (Å²) in [4.78, 5) is 11.6. The van der Waals surface area contributed by atoms with Crippen LogP contribution in [-0.2, 0) is 9.53 Å². The Morgan fingerprint density at radius 2 is 2.00 bits per heavy atom. The summed E-state index contributed by atoms with van der Waals surface area (Å²) in [5.41, 5.74) is -0.391. The molecule has 1 aliphatic carbocycles. The standard InChI is InChI=1S/C14H24O3/c1-9(2)13(15)17-12-8-10(3)6-7-11(12)14(4,5)16/h10-12,16H,1,6-8H2,2-5H3. The van der Waals surface area contributed by atoms with Crippen LogP contribution in [0.2, 0.25) is 0 Å². The lowest BCUT2D eigenvalue weighted by atomic mass is 9.73. The number of carbonyl (C=O) groups is 1. The first-order valence-corrected chi connectivity index (χ1v) is 6.30. The molecule has 0 spiro atoms. The summed E-state index contributed by atoms with van der Waals surface area (Å²) in [5, 5.41) is 10.1. The molecule has 1 saturated carbocycles. The average Bonchev–Trinajstić information content (AvgIpc) is 2.15. The van der Waals surface area contributed by atoms with E-state index >= 15 is 0 Å². The van der Waals surface area contributed by atoms with Crippen molar-refractivity contribution < 1.29 is 14.6 Å². The molecule has 0 bridgehead atoms. The Labute approximate surface area is 104 Å². The highest BCUT2D eigenvalue weighted by molar-refractivity contribution is 5.87. The molecule has 0 aliphatic heterocycles. The molecule has 98 valence electrons. The smallest absolute Gasteiger partial charge is 0.333 e. The lowest BCUT2D eigenvalue weighted by Crippen LogP contribution is -2.45. The first-order valence-electron chi connectivity index (χ1n) is 6.30. The van der Waals surface area contributed by atoms with E-state index in [2.05, 4.69) is 13.5 Å². The van der Waals surface area contributed by atoms with Crippen LogP contribution in [0.4, 0.5) is 0 Å². The van der Waals surface area contributed by atoms with Gasteiger partial charge >= 0.3 is 5.97 Å². The van der Waals surface area contributed by atoms with Gasteiger partial charge in [-0.1, -0.05) is 19.9 Å². The van der Waals surface area contributed by atoms with Gasteiger partial charge in [-0.05, 0) is 39.5 Å². The van der Waals surface area contributed by atoms with Crippen LogP contribution < -0.4 is 0 Å². The van der Waals surface area contributed by atoms with Crippen LogP contribution in [-0.4, -0.2) is 22.8 Å². The molecule has 0 aromatic heterocycles. The number of carbonyl (C=O) groups excluding carboxylic acids is 1. The maximum absolute atomic E-state index is 11.6. The van der Waals surface area contributed by atoms with E-state index in [1.165, 1.54) is 0 Å². The Morgan fingerprint density at radius 1 is 1.41 bits per heavy atom. The Bertz CT molecular complexity index is 301. The molecule has 3 heteroatoms. The van der Waals surface area contributed by atoms with E-state index in [0.717, 1.165) is 19.3 Å². The minimum atomic E-state index is -0.805.